The van der Waals surface area contributed by atoms with Gasteiger partial charge in [0.25, 0.3) is 0 Å². The van der Waals surface area contributed by atoms with Crippen molar-refractivity contribution in [2.24, 2.45) is 0 Å². The maximum absolute atomic E-state index is 12.4. The van der Waals surface area contributed by atoms with Crippen molar-refractivity contribution in [3.63, 3.8) is 0 Å². The van der Waals surface area contributed by atoms with Gasteiger partial charge in [-0.15, -0.1) is 0 Å². The Labute approximate surface area is 73.7 Å². The second-order valence-corrected chi connectivity index (χ2v) is 2.02. The van der Waals surface area contributed by atoms with Gasteiger partial charge in [-0.3, -0.25) is 0 Å². The zero-order chi connectivity index (χ0) is 10.4. The predicted molar refractivity (Wildman–Crippen MR) is 41.3 cm³/mol. The van der Waals surface area contributed by atoms with Crippen LogP contribution in [-0.2, 0) is 14.3 Å². The minimum Gasteiger partial charge on any atom is -0.388 e. The van der Waals surface area contributed by atoms with Crippen molar-refractivity contribution < 1.29 is 23.1 Å². The number of carbonyl (C=O) groups excluding carboxylic acids is 2. The van der Waals surface area contributed by atoms with Crippen LogP contribution < -0.4 is 0 Å². The number of esters is 2. The summed E-state index contributed by atoms with van der Waals surface area (Å²) in [4.78, 5) is 21.0. The number of halogens is 2. The lowest BCUT2D eigenvalue weighted by Gasteiger charge is -2.03. The fourth-order valence-corrected chi connectivity index (χ4v) is 0.404. The highest BCUT2D eigenvalue weighted by atomic mass is 19.1. The van der Waals surface area contributed by atoms with Gasteiger partial charge in [0.15, 0.2) is 0 Å². The molecule has 5 heteroatoms. The van der Waals surface area contributed by atoms with E-state index < -0.39 is 24.3 Å². The summed E-state index contributed by atoms with van der Waals surface area (Å²) in [6, 6.07) is 0. The molecule has 0 aromatic rings. The van der Waals surface area contributed by atoms with Crippen LogP contribution in [0.3, 0.4) is 0 Å². The molecule has 72 valence electrons. The average Bonchev–Trinajstić information content (AvgIpc) is 2.14. The first-order valence-corrected chi connectivity index (χ1v) is 3.31. The largest absolute Gasteiger partial charge is 0.388 e. The monoisotopic (exact) mass is 190 g/mol. The van der Waals surface area contributed by atoms with E-state index in [2.05, 4.69) is 17.9 Å². The van der Waals surface area contributed by atoms with Crippen LogP contribution in [0.5, 0.6) is 0 Å². The number of hydrogen-bond acceptors (Lipinski definition) is 3. The molecule has 2 unspecified atom stereocenters. The van der Waals surface area contributed by atoms with E-state index >= 15 is 0 Å². The maximum Gasteiger partial charge on any atom is 0.352 e. The Balaban J connectivity index is 4.13. The molecule has 0 amide bonds. The van der Waals surface area contributed by atoms with Crippen molar-refractivity contribution in [3.05, 3.63) is 25.3 Å². The molecule has 0 aromatic carbocycles. The second kappa shape index (κ2) is 5.18. The second-order valence-electron chi connectivity index (χ2n) is 2.02. The third kappa shape index (κ3) is 3.59. The maximum atomic E-state index is 12.4. The molecule has 0 saturated heterocycles. The molecule has 0 radical (unpaired) electrons. The molecule has 0 heterocycles. The lowest BCUT2D eigenvalue weighted by atomic mass is 10.3. The van der Waals surface area contributed by atoms with Crippen LogP contribution >= 0.6 is 0 Å². The van der Waals surface area contributed by atoms with Gasteiger partial charge in [0.2, 0.25) is 12.3 Å². The molecule has 0 fully saturated rings. The molecule has 0 aliphatic rings. The standard InChI is InChI=1S/C8H8F2O3/c1-3-5(9)7(11)13-8(12)6(10)4-2/h3-6H,1-2H2. The molecule has 0 bridgehead atoms. The molecule has 0 spiro atoms. The van der Waals surface area contributed by atoms with E-state index in [1.54, 1.807) is 0 Å². The summed E-state index contributed by atoms with van der Waals surface area (Å²) in [6.45, 7) is 5.91. The summed E-state index contributed by atoms with van der Waals surface area (Å²) in [6.07, 6.45) is -2.98. The SMILES string of the molecule is C=CC(F)C(=O)OC(=O)C(F)C=C. The Bertz CT molecular complexity index is 214. The summed E-state index contributed by atoms with van der Waals surface area (Å²) >= 11 is 0. The number of alkyl halides is 2. The number of hydrogen-bond donors (Lipinski definition) is 0. The average molecular weight is 190 g/mol. The van der Waals surface area contributed by atoms with Gasteiger partial charge in [-0.05, 0) is 12.2 Å². The molecule has 0 aliphatic heterocycles. The number of ether oxygens (including phenoxy) is 1. The van der Waals surface area contributed by atoms with Gasteiger partial charge in [0.1, 0.15) is 0 Å². The van der Waals surface area contributed by atoms with Crippen LogP contribution in [0, 0.1) is 0 Å². The first-order chi connectivity index (χ1) is 6.02. The van der Waals surface area contributed by atoms with Crippen molar-refractivity contribution in [2.75, 3.05) is 0 Å². The minimum atomic E-state index is -2.12. The normalized spacial score (nSPS) is 14.0. The Morgan fingerprint density at radius 1 is 1.08 bits per heavy atom. The van der Waals surface area contributed by atoms with E-state index in [1.165, 1.54) is 0 Å². The fourth-order valence-electron chi connectivity index (χ4n) is 0.404. The Morgan fingerprint density at radius 2 is 1.38 bits per heavy atom. The molecule has 0 rings (SSSR count). The number of rotatable bonds is 4. The van der Waals surface area contributed by atoms with Gasteiger partial charge < -0.3 is 4.74 Å². The van der Waals surface area contributed by atoms with Gasteiger partial charge in [0.05, 0.1) is 0 Å². The van der Waals surface area contributed by atoms with Crippen molar-refractivity contribution in [1.82, 2.24) is 0 Å². The van der Waals surface area contributed by atoms with Crippen LogP contribution in [0.4, 0.5) is 8.78 Å². The predicted octanol–water partition coefficient (Wildman–Crippen LogP) is 1.10. The van der Waals surface area contributed by atoms with E-state index in [4.69, 9.17) is 0 Å². The highest BCUT2D eigenvalue weighted by molar-refractivity contribution is 5.91. The van der Waals surface area contributed by atoms with Gasteiger partial charge in [-0.25, -0.2) is 18.4 Å². The number of carbonyl (C=O) groups is 2. The summed E-state index contributed by atoms with van der Waals surface area (Å²) in [5.74, 6) is -2.96. The third-order valence-corrected chi connectivity index (χ3v) is 1.07. The smallest absolute Gasteiger partial charge is 0.352 e. The molecule has 3 nitrogen and oxygen atoms in total. The zero-order valence-electron chi connectivity index (χ0n) is 6.70. The van der Waals surface area contributed by atoms with Crippen molar-refractivity contribution in [1.29, 1.82) is 0 Å². The first-order valence-electron chi connectivity index (χ1n) is 3.31. The quantitative estimate of drug-likeness (QED) is 0.379. The topological polar surface area (TPSA) is 43.4 Å². The van der Waals surface area contributed by atoms with Gasteiger partial charge >= 0.3 is 11.9 Å². The zero-order valence-corrected chi connectivity index (χ0v) is 6.70. The Kier molecular flexibility index (Phi) is 4.58. The van der Waals surface area contributed by atoms with E-state index in [1.807, 2.05) is 0 Å². The van der Waals surface area contributed by atoms with Crippen molar-refractivity contribution in [2.45, 2.75) is 12.3 Å². The van der Waals surface area contributed by atoms with Crippen LogP contribution in [0.15, 0.2) is 25.3 Å². The van der Waals surface area contributed by atoms with Crippen LogP contribution in [0.25, 0.3) is 0 Å². The lowest BCUT2D eigenvalue weighted by molar-refractivity contribution is -0.164. The van der Waals surface area contributed by atoms with Crippen LogP contribution in [0.2, 0.25) is 0 Å². The molecule has 0 aliphatic carbocycles. The third-order valence-electron chi connectivity index (χ3n) is 1.07. The molecule has 2 atom stereocenters. The summed E-state index contributed by atoms with van der Waals surface area (Å²) in [5.41, 5.74) is 0. The van der Waals surface area contributed by atoms with Crippen molar-refractivity contribution >= 4 is 11.9 Å². The highest BCUT2D eigenvalue weighted by Gasteiger charge is 2.23. The Morgan fingerprint density at radius 3 is 1.62 bits per heavy atom. The van der Waals surface area contributed by atoms with Gasteiger partial charge in [0, 0.05) is 0 Å². The highest BCUT2D eigenvalue weighted by Crippen LogP contribution is 2.00. The summed E-state index contributed by atoms with van der Waals surface area (Å²) in [7, 11) is 0. The first kappa shape index (κ1) is 11.5. The molecular formula is C8H8F2O3. The molecule has 13 heavy (non-hydrogen) atoms. The van der Waals surface area contributed by atoms with E-state index in [9.17, 15) is 18.4 Å². The molecule has 0 saturated carbocycles. The fraction of sp³-hybridized carbons (Fsp3) is 0.250. The van der Waals surface area contributed by atoms with Crippen LogP contribution in [-0.4, -0.2) is 24.3 Å². The van der Waals surface area contributed by atoms with Crippen LogP contribution in [0.1, 0.15) is 0 Å². The minimum absolute atomic E-state index is 0.636. The van der Waals surface area contributed by atoms with E-state index in [0.29, 0.717) is 12.2 Å². The molecule has 0 aromatic heterocycles. The summed E-state index contributed by atoms with van der Waals surface area (Å²) in [5, 5.41) is 0. The summed E-state index contributed by atoms with van der Waals surface area (Å²) < 4.78 is 28.5. The molecule has 0 N–H and O–H groups in total. The van der Waals surface area contributed by atoms with Crippen molar-refractivity contribution in [3.8, 4) is 0 Å². The lowest BCUT2D eigenvalue weighted by Crippen LogP contribution is -2.25. The molecular weight excluding hydrogens is 182 g/mol. The van der Waals surface area contributed by atoms with E-state index in [-0.39, 0.29) is 0 Å². The van der Waals surface area contributed by atoms with Gasteiger partial charge in [-0.1, -0.05) is 13.2 Å². The Hall–Kier alpha value is -1.52. The van der Waals surface area contributed by atoms with Gasteiger partial charge in [-0.2, -0.15) is 0 Å². The van der Waals surface area contributed by atoms with E-state index in [0.717, 1.165) is 0 Å².